The van der Waals surface area contributed by atoms with Crippen molar-refractivity contribution < 1.29 is 18.9 Å². The van der Waals surface area contributed by atoms with Gasteiger partial charge >= 0.3 is 5.69 Å². The number of hydrogen-bond acceptors (Lipinski definition) is 6. The fourth-order valence-corrected chi connectivity index (χ4v) is 5.15. The van der Waals surface area contributed by atoms with Gasteiger partial charge in [-0.1, -0.05) is 31.0 Å². The molecular weight excluding hydrogens is 396 g/mol. The van der Waals surface area contributed by atoms with Crippen LogP contribution in [0.3, 0.4) is 0 Å². The summed E-state index contributed by atoms with van der Waals surface area (Å²) in [5, 5.41) is 0. The quantitative estimate of drug-likeness (QED) is 0.707. The van der Waals surface area contributed by atoms with E-state index in [4.69, 9.17) is 18.9 Å². The van der Waals surface area contributed by atoms with Crippen molar-refractivity contribution in [2.24, 2.45) is 5.92 Å². The maximum absolute atomic E-state index is 12.6. The second-order valence-electron chi connectivity index (χ2n) is 8.66. The highest BCUT2D eigenvalue weighted by molar-refractivity contribution is 5.67. The predicted octanol–water partition coefficient (Wildman–Crippen LogP) is 3.14. The SMILES string of the molecule is COC(c1ccc2c(c1)CCn1c-2cc(OC[C@@H]2COCCO2)nc1=O)C1CCCC1. The van der Waals surface area contributed by atoms with Crippen molar-refractivity contribution in [1.82, 2.24) is 9.55 Å². The Kier molecular flexibility index (Phi) is 6.07. The van der Waals surface area contributed by atoms with E-state index in [1.54, 1.807) is 4.57 Å². The molecule has 3 heterocycles. The van der Waals surface area contributed by atoms with Crippen molar-refractivity contribution in [2.75, 3.05) is 33.5 Å². The smallest absolute Gasteiger partial charge is 0.351 e. The lowest BCUT2D eigenvalue weighted by Crippen LogP contribution is -2.34. The number of rotatable bonds is 6. The van der Waals surface area contributed by atoms with Crippen molar-refractivity contribution in [3.63, 3.8) is 0 Å². The van der Waals surface area contributed by atoms with Crippen LogP contribution in [0.4, 0.5) is 0 Å². The summed E-state index contributed by atoms with van der Waals surface area (Å²) in [5.74, 6) is 0.930. The molecule has 5 rings (SSSR count). The summed E-state index contributed by atoms with van der Waals surface area (Å²) >= 11 is 0. The summed E-state index contributed by atoms with van der Waals surface area (Å²) in [6, 6.07) is 8.41. The van der Waals surface area contributed by atoms with Crippen molar-refractivity contribution >= 4 is 0 Å². The lowest BCUT2D eigenvalue weighted by molar-refractivity contribution is -0.102. The van der Waals surface area contributed by atoms with Gasteiger partial charge in [0.05, 0.1) is 31.6 Å². The number of benzene rings is 1. The summed E-state index contributed by atoms with van der Waals surface area (Å²) in [6.07, 6.45) is 5.87. The van der Waals surface area contributed by atoms with E-state index in [1.807, 2.05) is 13.2 Å². The fourth-order valence-electron chi connectivity index (χ4n) is 5.15. The maximum Gasteiger partial charge on any atom is 0.351 e. The topological polar surface area (TPSA) is 71.8 Å². The summed E-state index contributed by atoms with van der Waals surface area (Å²) in [5.41, 5.74) is 4.14. The average Bonchev–Trinajstić information content (AvgIpc) is 3.33. The Morgan fingerprint density at radius 1 is 1.23 bits per heavy atom. The minimum Gasteiger partial charge on any atom is -0.475 e. The Morgan fingerprint density at radius 3 is 2.87 bits per heavy atom. The molecule has 2 aromatic rings. The summed E-state index contributed by atoms with van der Waals surface area (Å²) in [4.78, 5) is 16.8. The number of methoxy groups -OCH3 is 1. The molecular formula is C24H30N2O5. The molecule has 2 fully saturated rings. The normalized spacial score (nSPS) is 22.0. The van der Waals surface area contributed by atoms with Crippen LogP contribution >= 0.6 is 0 Å². The molecule has 2 aliphatic heterocycles. The first-order valence-electron chi connectivity index (χ1n) is 11.3. The molecule has 0 amide bonds. The second kappa shape index (κ2) is 9.10. The molecule has 2 atom stereocenters. The van der Waals surface area contributed by atoms with Gasteiger partial charge in [-0.3, -0.25) is 4.57 Å². The fraction of sp³-hybridized carbons (Fsp3) is 0.583. The van der Waals surface area contributed by atoms with Gasteiger partial charge in [-0.2, -0.15) is 4.98 Å². The zero-order valence-electron chi connectivity index (χ0n) is 18.0. The Labute approximate surface area is 182 Å². The van der Waals surface area contributed by atoms with Crippen LogP contribution in [-0.4, -0.2) is 49.2 Å². The lowest BCUT2D eigenvalue weighted by atomic mass is 9.89. The van der Waals surface area contributed by atoms with Gasteiger partial charge in [0.2, 0.25) is 5.88 Å². The van der Waals surface area contributed by atoms with Crippen molar-refractivity contribution in [1.29, 1.82) is 0 Å². The first-order valence-corrected chi connectivity index (χ1v) is 11.3. The Morgan fingerprint density at radius 2 is 2.10 bits per heavy atom. The van der Waals surface area contributed by atoms with E-state index in [1.165, 1.54) is 36.8 Å². The molecule has 31 heavy (non-hydrogen) atoms. The molecule has 3 aliphatic rings. The maximum atomic E-state index is 12.6. The predicted molar refractivity (Wildman–Crippen MR) is 115 cm³/mol. The first kappa shape index (κ1) is 20.7. The highest BCUT2D eigenvalue weighted by Crippen LogP contribution is 2.39. The third kappa shape index (κ3) is 4.27. The number of aromatic nitrogens is 2. The Bertz CT molecular complexity index is 976. The van der Waals surface area contributed by atoms with E-state index in [0.717, 1.165) is 17.7 Å². The number of nitrogens with zero attached hydrogens (tertiary/aromatic N) is 2. The highest BCUT2D eigenvalue weighted by atomic mass is 16.6. The van der Waals surface area contributed by atoms with Gasteiger partial charge in [0.1, 0.15) is 12.7 Å². The minimum absolute atomic E-state index is 0.134. The van der Waals surface area contributed by atoms with Crippen molar-refractivity contribution in [3.8, 4) is 17.1 Å². The van der Waals surface area contributed by atoms with Crippen molar-refractivity contribution in [3.05, 3.63) is 45.9 Å². The Balaban J connectivity index is 1.40. The van der Waals surface area contributed by atoms with Crippen LogP contribution in [0.1, 0.15) is 42.9 Å². The molecule has 166 valence electrons. The number of hydrogen-bond donors (Lipinski definition) is 0. The van der Waals surface area contributed by atoms with E-state index in [9.17, 15) is 4.79 Å². The van der Waals surface area contributed by atoms with Crippen LogP contribution in [0, 0.1) is 5.92 Å². The molecule has 1 aromatic carbocycles. The van der Waals surface area contributed by atoms with Crippen LogP contribution in [0.5, 0.6) is 5.88 Å². The molecule has 0 bridgehead atoms. The molecule has 1 aliphatic carbocycles. The Hall–Kier alpha value is -2.22. The van der Waals surface area contributed by atoms with Gasteiger partial charge in [-0.25, -0.2) is 4.79 Å². The molecule has 1 unspecified atom stereocenters. The van der Waals surface area contributed by atoms with Crippen LogP contribution < -0.4 is 10.4 Å². The number of ether oxygens (including phenoxy) is 4. The number of fused-ring (bicyclic) bond motifs is 3. The molecule has 1 saturated carbocycles. The first-order chi connectivity index (χ1) is 15.2. The monoisotopic (exact) mass is 426 g/mol. The minimum atomic E-state index is -0.274. The lowest BCUT2D eigenvalue weighted by Gasteiger charge is -2.26. The molecule has 0 N–H and O–H groups in total. The number of aryl methyl sites for hydroxylation is 1. The van der Waals surface area contributed by atoms with E-state index in [0.29, 0.717) is 44.8 Å². The summed E-state index contributed by atoms with van der Waals surface area (Å²) in [7, 11) is 1.81. The molecule has 7 heteroatoms. The van der Waals surface area contributed by atoms with Crippen molar-refractivity contribution in [2.45, 2.75) is 50.9 Å². The van der Waals surface area contributed by atoms with Gasteiger partial charge in [0.15, 0.2) is 0 Å². The second-order valence-corrected chi connectivity index (χ2v) is 8.66. The molecule has 0 spiro atoms. The molecule has 1 saturated heterocycles. The van der Waals surface area contributed by atoms with Crippen LogP contribution in [0.25, 0.3) is 11.3 Å². The molecule has 1 aromatic heterocycles. The van der Waals surface area contributed by atoms with Gasteiger partial charge < -0.3 is 18.9 Å². The van der Waals surface area contributed by atoms with Crippen LogP contribution in [0.2, 0.25) is 0 Å². The molecule has 0 radical (unpaired) electrons. The van der Waals surface area contributed by atoms with Gasteiger partial charge in [-0.15, -0.1) is 0 Å². The third-order valence-corrected chi connectivity index (χ3v) is 6.71. The van der Waals surface area contributed by atoms with E-state index in [-0.39, 0.29) is 17.9 Å². The largest absolute Gasteiger partial charge is 0.475 e. The van der Waals surface area contributed by atoms with Gasteiger partial charge in [0, 0.05) is 25.3 Å². The van der Waals surface area contributed by atoms with Crippen LogP contribution in [-0.2, 0) is 27.2 Å². The standard InChI is InChI=1S/C24H30N2O5/c1-28-23(16-4-2-3-5-16)18-6-7-20-17(12-18)8-9-26-21(20)13-22(25-24(26)27)31-15-19-14-29-10-11-30-19/h6-7,12-13,16,19,23H,2-5,8-11,14-15H2,1H3/t19-,23?/m0/s1. The molecule has 7 nitrogen and oxygen atoms in total. The average molecular weight is 427 g/mol. The zero-order chi connectivity index (χ0) is 21.2. The van der Waals surface area contributed by atoms with E-state index < -0.39 is 0 Å². The van der Waals surface area contributed by atoms with E-state index in [2.05, 4.69) is 23.2 Å². The van der Waals surface area contributed by atoms with Crippen LogP contribution in [0.15, 0.2) is 29.1 Å². The van der Waals surface area contributed by atoms with Gasteiger partial charge in [0.25, 0.3) is 0 Å². The highest BCUT2D eigenvalue weighted by Gasteiger charge is 2.28. The van der Waals surface area contributed by atoms with E-state index >= 15 is 0 Å². The third-order valence-electron chi connectivity index (χ3n) is 6.71. The van der Waals surface area contributed by atoms with Gasteiger partial charge in [-0.05, 0) is 36.3 Å². The zero-order valence-corrected chi connectivity index (χ0v) is 18.0. The summed E-state index contributed by atoms with van der Waals surface area (Å²) in [6.45, 7) is 2.61. The summed E-state index contributed by atoms with van der Waals surface area (Å²) < 4.78 is 24.5.